The van der Waals surface area contributed by atoms with Crippen LogP contribution in [0, 0.1) is 5.92 Å². The van der Waals surface area contributed by atoms with Gasteiger partial charge in [-0.15, -0.1) is 0 Å². The molecule has 5 rings (SSSR count). The Morgan fingerprint density at radius 3 is 2.40 bits per heavy atom. The van der Waals surface area contributed by atoms with E-state index in [1.165, 1.54) is 11.1 Å². The van der Waals surface area contributed by atoms with Crippen molar-refractivity contribution < 1.29 is 19.1 Å². The largest absolute Gasteiger partial charge is 0.497 e. The molecule has 208 valence electrons. The van der Waals surface area contributed by atoms with Crippen molar-refractivity contribution >= 4 is 22.7 Å². The first kappa shape index (κ1) is 27.5. The maximum Gasteiger partial charge on any atom is 0.242 e. The normalized spacial score (nSPS) is 16.1. The van der Waals surface area contributed by atoms with Gasteiger partial charge in [0.2, 0.25) is 11.8 Å². The van der Waals surface area contributed by atoms with Gasteiger partial charge in [-0.05, 0) is 53.6 Å². The van der Waals surface area contributed by atoms with Crippen LogP contribution in [0.5, 0.6) is 5.75 Å². The van der Waals surface area contributed by atoms with Gasteiger partial charge in [0.15, 0.2) is 0 Å². The topological polar surface area (TPSA) is 74.9 Å². The summed E-state index contributed by atoms with van der Waals surface area (Å²) in [5.41, 5.74) is 4.44. The van der Waals surface area contributed by atoms with Crippen LogP contribution in [-0.2, 0) is 27.3 Å². The van der Waals surface area contributed by atoms with Crippen molar-refractivity contribution in [3.8, 4) is 5.75 Å². The Balaban J connectivity index is 1.31. The predicted octanol–water partition coefficient (Wildman–Crippen LogP) is 5.03. The summed E-state index contributed by atoms with van der Waals surface area (Å²) in [5.74, 6) is 0.853. The van der Waals surface area contributed by atoms with Crippen LogP contribution < -0.4 is 4.74 Å². The van der Waals surface area contributed by atoms with E-state index >= 15 is 0 Å². The highest BCUT2D eigenvalue weighted by Crippen LogP contribution is 2.48. The molecule has 7 heteroatoms. The monoisotopic (exact) mass is 539 g/mol. The van der Waals surface area contributed by atoms with Crippen LogP contribution in [0.2, 0.25) is 0 Å². The number of carbonyl (C=O) groups is 2. The summed E-state index contributed by atoms with van der Waals surface area (Å²) in [6.45, 7) is 1.79. The number of aromatic nitrogens is 1. The fourth-order valence-electron chi connectivity index (χ4n) is 5.34. The van der Waals surface area contributed by atoms with E-state index in [4.69, 9.17) is 9.47 Å². The summed E-state index contributed by atoms with van der Waals surface area (Å²) < 4.78 is 10.6. The third kappa shape index (κ3) is 6.54. The van der Waals surface area contributed by atoms with Crippen LogP contribution >= 0.6 is 0 Å². The van der Waals surface area contributed by atoms with Gasteiger partial charge in [0.25, 0.3) is 0 Å². The van der Waals surface area contributed by atoms with Crippen LogP contribution in [0.3, 0.4) is 0 Å². The van der Waals surface area contributed by atoms with E-state index in [2.05, 4.69) is 29.2 Å². The van der Waals surface area contributed by atoms with Gasteiger partial charge >= 0.3 is 0 Å². The highest BCUT2D eigenvalue weighted by atomic mass is 16.5. The molecule has 1 heterocycles. The quantitative estimate of drug-likeness (QED) is 0.259. The zero-order valence-electron chi connectivity index (χ0n) is 23.2. The Morgan fingerprint density at radius 1 is 0.900 bits per heavy atom. The van der Waals surface area contributed by atoms with Gasteiger partial charge in [0.1, 0.15) is 5.75 Å². The second-order valence-corrected chi connectivity index (χ2v) is 10.4. The number of aromatic amines is 1. The number of nitrogens with zero attached hydrogens (tertiary/aromatic N) is 2. The molecule has 1 fully saturated rings. The molecule has 1 aliphatic carbocycles. The Bertz CT molecular complexity index is 1420. The number of hydrogen-bond acceptors (Lipinski definition) is 4. The summed E-state index contributed by atoms with van der Waals surface area (Å²) in [6, 6.07) is 26.1. The SMILES string of the molecule is COCCN(CC(=O)N(CCc1c[nH]c2ccccc12)Cc1ccc(OC)cc1)C(=O)C1CC1c1ccccc1. The Labute approximate surface area is 235 Å². The lowest BCUT2D eigenvalue weighted by atomic mass is 10.1. The lowest BCUT2D eigenvalue weighted by Gasteiger charge is -2.28. The number of para-hydroxylation sites is 1. The molecule has 0 aliphatic heterocycles. The maximum atomic E-state index is 13.8. The van der Waals surface area contributed by atoms with Gasteiger partial charge in [0.05, 0.1) is 20.3 Å². The molecule has 0 saturated heterocycles. The molecule has 4 aromatic rings. The molecule has 0 bridgehead atoms. The number of hydrogen-bond donors (Lipinski definition) is 1. The molecule has 1 aliphatic rings. The van der Waals surface area contributed by atoms with Gasteiger partial charge < -0.3 is 24.3 Å². The van der Waals surface area contributed by atoms with Crippen molar-refractivity contribution in [2.24, 2.45) is 5.92 Å². The minimum atomic E-state index is -0.0895. The zero-order valence-corrected chi connectivity index (χ0v) is 23.2. The summed E-state index contributed by atoms with van der Waals surface area (Å²) in [6.07, 6.45) is 3.54. The van der Waals surface area contributed by atoms with Crippen LogP contribution in [0.4, 0.5) is 0 Å². The standard InChI is InChI=1S/C33H37N3O4/c1-39-19-18-36(33(38)30-20-29(30)25-8-4-3-5-9-25)23-32(37)35(22-24-12-14-27(40-2)15-13-24)17-16-26-21-34-31-11-7-6-10-28(26)31/h3-15,21,29-30,34H,16-20,22-23H2,1-2H3. The summed E-state index contributed by atoms with van der Waals surface area (Å²) >= 11 is 0. The molecule has 2 amide bonds. The van der Waals surface area contributed by atoms with Gasteiger partial charge in [-0.25, -0.2) is 0 Å². The maximum absolute atomic E-state index is 13.8. The van der Waals surface area contributed by atoms with E-state index in [1.54, 1.807) is 19.1 Å². The second kappa shape index (κ2) is 12.8. The number of methoxy groups -OCH3 is 2. The van der Waals surface area contributed by atoms with E-state index in [0.29, 0.717) is 32.7 Å². The molecule has 2 atom stereocenters. The van der Waals surface area contributed by atoms with E-state index < -0.39 is 0 Å². The predicted molar refractivity (Wildman–Crippen MR) is 156 cm³/mol. The van der Waals surface area contributed by atoms with Crippen molar-refractivity contribution in [2.75, 3.05) is 40.5 Å². The van der Waals surface area contributed by atoms with E-state index in [1.807, 2.05) is 65.7 Å². The lowest BCUT2D eigenvalue weighted by molar-refractivity contribution is -0.142. The van der Waals surface area contributed by atoms with Crippen LogP contribution in [0.1, 0.15) is 29.0 Å². The van der Waals surface area contributed by atoms with Crippen molar-refractivity contribution in [3.05, 3.63) is 102 Å². The minimum absolute atomic E-state index is 0.0280. The van der Waals surface area contributed by atoms with Gasteiger partial charge in [-0.2, -0.15) is 0 Å². The zero-order chi connectivity index (χ0) is 27.9. The highest BCUT2D eigenvalue weighted by molar-refractivity contribution is 5.88. The minimum Gasteiger partial charge on any atom is -0.497 e. The number of rotatable bonds is 13. The number of fused-ring (bicyclic) bond motifs is 1. The van der Waals surface area contributed by atoms with Crippen molar-refractivity contribution in [3.63, 3.8) is 0 Å². The molecule has 1 saturated carbocycles. The number of benzene rings is 3. The smallest absolute Gasteiger partial charge is 0.242 e. The van der Waals surface area contributed by atoms with Crippen molar-refractivity contribution in [1.29, 1.82) is 0 Å². The number of ether oxygens (including phenoxy) is 2. The average Bonchev–Trinajstić information content (AvgIpc) is 3.70. The summed E-state index contributed by atoms with van der Waals surface area (Å²) in [4.78, 5) is 34.3. The number of nitrogens with one attached hydrogen (secondary N) is 1. The number of amides is 2. The molecule has 1 aromatic heterocycles. The molecule has 2 unspecified atom stereocenters. The molecule has 3 aromatic carbocycles. The van der Waals surface area contributed by atoms with Crippen LogP contribution in [-0.4, -0.2) is 67.1 Å². The Hall–Kier alpha value is -4.10. The Kier molecular flexibility index (Phi) is 8.81. The fourth-order valence-corrected chi connectivity index (χ4v) is 5.34. The first-order valence-electron chi connectivity index (χ1n) is 13.9. The van der Waals surface area contributed by atoms with Gasteiger partial charge in [-0.3, -0.25) is 9.59 Å². The summed E-state index contributed by atoms with van der Waals surface area (Å²) in [5, 5.41) is 1.16. The number of H-pyrrole nitrogens is 1. The van der Waals surface area contributed by atoms with Gasteiger partial charge in [-0.1, -0.05) is 60.7 Å². The fraction of sp³-hybridized carbons (Fsp3) is 0.333. The first-order chi connectivity index (χ1) is 19.6. The molecular weight excluding hydrogens is 502 g/mol. The van der Waals surface area contributed by atoms with E-state index in [-0.39, 0.29) is 30.2 Å². The number of carbonyl (C=O) groups excluding carboxylic acids is 2. The van der Waals surface area contributed by atoms with Crippen LogP contribution in [0.15, 0.2) is 85.1 Å². The molecule has 0 radical (unpaired) electrons. The van der Waals surface area contributed by atoms with Gasteiger partial charge in [0, 0.05) is 49.8 Å². The molecule has 40 heavy (non-hydrogen) atoms. The third-order valence-electron chi connectivity index (χ3n) is 7.75. The van der Waals surface area contributed by atoms with E-state index in [0.717, 1.165) is 28.6 Å². The molecular formula is C33H37N3O4. The first-order valence-corrected chi connectivity index (χ1v) is 13.9. The summed E-state index contributed by atoms with van der Waals surface area (Å²) in [7, 11) is 3.26. The Morgan fingerprint density at radius 2 is 1.65 bits per heavy atom. The van der Waals surface area contributed by atoms with Crippen molar-refractivity contribution in [2.45, 2.75) is 25.3 Å². The third-order valence-corrected chi connectivity index (χ3v) is 7.75. The highest BCUT2D eigenvalue weighted by Gasteiger charge is 2.46. The van der Waals surface area contributed by atoms with E-state index in [9.17, 15) is 9.59 Å². The van der Waals surface area contributed by atoms with Crippen molar-refractivity contribution in [1.82, 2.24) is 14.8 Å². The molecule has 1 N–H and O–H groups in total. The lowest BCUT2D eigenvalue weighted by Crippen LogP contribution is -2.45. The molecule has 0 spiro atoms. The second-order valence-electron chi connectivity index (χ2n) is 10.4. The molecule has 7 nitrogen and oxygen atoms in total. The van der Waals surface area contributed by atoms with Crippen LogP contribution in [0.25, 0.3) is 10.9 Å². The average molecular weight is 540 g/mol.